The molecule has 7 nitrogen and oxygen atoms in total. The molecule has 2 heterocycles. The summed E-state index contributed by atoms with van der Waals surface area (Å²) in [4.78, 5) is 26.7. The first-order chi connectivity index (χ1) is 12.9. The Labute approximate surface area is 156 Å². The third-order valence-corrected chi connectivity index (χ3v) is 4.37. The van der Waals surface area contributed by atoms with Crippen LogP contribution < -0.4 is 4.74 Å². The maximum atomic E-state index is 12.7. The van der Waals surface area contributed by atoms with E-state index in [9.17, 15) is 14.9 Å². The van der Waals surface area contributed by atoms with Gasteiger partial charge in [-0.05, 0) is 60.5 Å². The van der Waals surface area contributed by atoms with Gasteiger partial charge in [0, 0.05) is 22.6 Å². The van der Waals surface area contributed by atoms with Crippen molar-refractivity contribution >= 4 is 11.6 Å². The fourth-order valence-corrected chi connectivity index (χ4v) is 3.08. The first-order valence-electron chi connectivity index (χ1n) is 8.40. The molecule has 0 spiro atoms. The number of ether oxygens (including phenoxy) is 1. The van der Waals surface area contributed by atoms with E-state index in [2.05, 4.69) is 4.98 Å². The minimum Gasteiger partial charge on any atom is -0.477 e. The first-order valence-corrected chi connectivity index (χ1v) is 8.40. The van der Waals surface area contributed by atoms with Crippen LogP contribution >= 0.6 is 0 Å². The van der Waals surface area contributed by atoms with Gasteiger partial charge in [0.1, 0.15) is 6.20 Å². The van der Waals surface area contributed by atoms with Crippen molar-refractivity contribution in [3.05, 3.63) is 81.3 Å². The van der Waals surface area contributed by atoms with Crippen LogP contribution in [0.15, 0.2) is 48.7 Å². The molecule has 3 rings (SSSR count). The molecule has 0 N–H and O–H groups in total. The number of rotatable bonds is 6. The molecular formula is C20H19N3O4. The largest absolute Gasteiger partial charge is 0.477 e. The highest BCUT2D eigenvalue weighted by Crippen LogP contribution is 2.25. The van der Waals surface area contributed by atoms with E-state index < -0.39 is 10.7 Å². The van der Waals surface area contributed by atoms with E-state index in [1.165, 1.54) is 18.3 Å². The van der Waals surface area contributed by atoms with Crippen LogP contribution in [0.3, 0.4) is 0 Å². The molecule has 27 heavy (non-hydrogen) atoms. The zero-order valence-corrected chi connectivity index (χ0v) is 15.3. The number of carbonyl (C=O) groups is 1. The van der Waals surface area contributed by atoms with Gasteiger partial charge in [-0.3, -0.25) is 4.79 Å². The summed E-state index contributed by atoms with van der Waals surface area (Å²) in [7, 11) is 0. The number of nitrogens with zero attached hydrogens (tertiary/aromatic N) is 3. The summed E-state index contributed by atoms with van der Waals surface area (Å²) in [5.41, 5.74) is 4.37. The number of hydrogen-bond acceptors (Lipinski definition) is 5. The lowest BCUT2D eigenvalue weighted by molar-refractivity contribution is -0.390. The lowest BCUT2D eigenvalue weighted by atomic mass is 10.1. The summed E-state index contributed by atoms with van der Waals surface area (Å²) >= 11 is 0. The molecule has 0 aliphatic rings. The number of pyridine rings is 1. The van der Waals surface area contributed by atoms with Crippen LogP contribution in [0.25, 0.3) is 5.69 Å². The van der Waals surface area contributed by atoms with E-state index in [-0.39, 0.29) is 18.1 Å². The second-order valence-corrected chi connectivity index (χ2v) is 6.20. The number of aryl methyl sites for hydroxylation is 2. The van der Waals surface area contributed by atoms with Crippen LogP contribution in [0, 0.1) is 30.9 Å². The summed E-state index contributed by atoms with van der Waals surface area (Å²) < 4.78 is 7.41. The minimum atomic E-state index is -0.635. The number of carbonyl (C=O) groups excluding carboxylic acids is 1. The molecule has 0 saturated heterocycles. The molecule has 0 aliphatic heterocycles. The maximum absolute atomic E-state index is 12.7. The van der Waals surface area contributed by atoms with Crippen molar-refractivity contribution in [1.82, 2.24) is 9.55 Å². The average Bonchev–Trinajstić information content (AvgIpc) is 2.95. The van der Waals surface area contributed by atoms with Crippen molar-refractivity contribution < 1.29 is 14.5 Å². The van der Waals surface area contributed by atoms with E-state index >= 15 is 0 Å². The van der Waals surface area contributed by atoms with Gasteiger partial charge in [-0.1, -0.05) is 18.2 Å². The average molecular weight is 365 g/mol. The predicted molar refractivity (Wildman–Crippen MR) is 101 cm³/mol. The Hall–Kier alpha value is -3.48. The lowest BCUT2D eigenvalue weighted by Gasteiger charge is -2.12. The number of aromatic nitrogens is 2. The van der Waals surface area contributed by atoms with E-state index in [0.717, 1.165) is 22.6 Å². The number of ketones is 1. The quantitative estimate of drug-likeness (QED) is 0.375. The minimum absolute atomic E-state index is 0.0245. The van der Waals surface area contributed by atoms with Crippen LogP contribution in [0.1, 0.15) is 27.3 Å². The fourth-order valence-electron chi connectivity index (χ4n) is 3.08. The van der Waals surface area contributed by atoms with Crippen molar-refractivity contribution in [2.24, 2.45) is 0 Å². The molecule has 138 valence electrons. The smallest absolute Gasteiger partial charge is 0.406 e. The molecule has 3 aromatic rings. The lowest BCUT2D eigenvalue weighted by Crippen LogP contribution is -2.13. The fraction of sp³-hybridized carbons (Fsp3) is 0.200. The van der Waals surface area contributed by atoms with Crippen LogP contribution in [-0.2, 0) is 0 Å². The standard InChI is InChI=1S/C20H19N3O4/c1-13-7-4-5-8-17(13)22-14(2)11-16(15(22)3)18(24)12-27-19-9-6-10-21-20(19)23(25)26/h4-11H,12H2,1-3H3. The van der Waals surface area contributed by atoms with Gasteiger partial charge >= 0.3 is 5.82 Å². The number of nitro groups is 1. The zero-order chi connectivity index (χ0) is 19.6. The highest BCUT2D eigenvalue weighted by Gasteiger charge is 2.20. The molecule has 0 bridgehead atoms. The second-order valence-electron chi connectivity index (χ2n) is 6.20. The monoisotopic (exact) mass is 365 g/mol. The number of hydrogen-bond donors (Lipinski definition) is 0. The maximum Gasteiger partial charge on any atom is 0.406 e. The Morgan fingerprint density at radius 2 is 1.93 bits per heavy atom. The van der Waals surface area contributed by atoms with Crippen molar-refractivity contribution in [2.75, 3.05) is 6.61 Å². The summed E-state index contributed by atoms with van der Waals surface area (Å²) in [5.74, 6) is -0.680. The van der Waals surface area contributed by atoms with Gasteiger partial charge in [0.05, 0.1) is 0 Å². The molecule has 0 fully saturated rings. The molecule has 0 atom stereocenters. The molecule has 0 saturated carbocycles. The third-order valence-electron chi connectivity index (χ3n) is 4.37. The van der Waals surface area contributed by atoms with Crippen molar-refractivity contribution in [2.45, 2.75) is 20.8 Å². The highest BCUT2D eigenvalue weighted by atomic mass is 16.6. The van der Waals surface area contributed by atoms with Crippen molar-refractivity contribution in [1.29, 1.82) is 0 Å². The molecule has 0 aliphatic carbocycles. The molecule has 0 radical (unpaired) electrons. The number of benzene rings is 1. The zero-order valence-electron chi connectivity index (χ0n) is 15.3. The van der Waals surface area contributed by atoms with E-state index in [1.807, 2.05) is 55.7 Å². The normalized spacial score (nSPS) is 10.6. The van der Waals surface area contributed by atoms with Gasteiger partial charge in [-0.25, -0.2) is 0 Å². The molecular weight excluding hydrogens is 346 g/mol. The Morgan fingerprint density at radius 3 is 2.63 bits per heavy atom. The SMILES string of the molecule is Cc1ccccc1-n1c(C)cc(C(=O)COc2cccnc2[N+](=O)[O-])c1C. The van der Waals surface area contributed by atoms with Crippen molar-refractivity contribution in [3.63, 3.8) is 0 Å². The predicted octanol–water partition coefficient (Wildman–Crippen LogP) is 3.97. The van der Waals surface area contributed by atoms with Gasteiger partial charge in [-0.15, -0.1) is 0 Å². The Morgan fingerprint density at radius 1 is 1.19 bits per heavy atom. The third kappa shape index (κ3) is 3.57. The molecule has 7 heteroatoms. The Kier molecular flexibility index (Phi) is 5.03. The van der Waals surface area contributed by atoms with Gasteiger partial charge < -0.3 is 19.4 Å². The van der Waals surface area contributed by atoms with Crippen LogP contribution in [0.4, 0.5) is 5.82 Å². The van der Waals surface area contributed by atoms with E-state index in [0.29, 0.717) is 5.56 Å². The Bertz CT molecular complexity index is 1020. The van der Waals surface area contributed by atoms with Crippen LogP contribution in [0.5, 0.6) is 5.75 Å². The van der Waals surface area contributed by atoms with E-state index in [1.54, 1.807) is 0 Å². The molecule has 1 aromatic carbocycles. The van der Waals surface area contributed by atoms with Crippen LogP contribution in [0.2, 0.25) is 0 Å². The summed E-state index contributed by atoms with van der Waals surface area (Å²) in [6.07, 6.45) is 1.31. The summed E-state index contributed by atoms with van der Waals surface area (Å²) in [5, 5.41) is 11.0. The Balaban J connectivity index is 1.86. The van der Waals surface area contributed by atoms with Gasteiger partial charge in [-0.2, -0.15) is 0 Å². The molecule has 0 unspecified atom stereocenters. The number of para-hydroxylation sites is 1. The van der Waals surface area contributed by atoms with Gasteiger partial charge in [0.15, 0.2) is 6.61 Å². The second kappa shape index (κ2) is 7.41. The van der Waals surface area contributed by atoms with Gasteiger partial charge in [0.25, 0.3) is 0 Å². The van der Waals surface area contributed by atoms with Gasteiger partial charge in [0.2, 0.25) is 11.5 Å². The first kappa shape index (κ1) is 18.3. The van der Waals surface area contributed by atoms with Crippen molar-refractivity contribution in [3.8, 4) is 11.4 Å². The molecule has 0 amide bonds. The molecule has 2 aromatic heterocycles. The summed E-state index contributed by atoms with van der Waals surface area (Å²) in [6.45, 7) is 5.52. The van der Waals surface area contributed by atoms with E-state index in [4.69, 9.17) is 4.74 Å². The summed E-state index contributed by atoms with van der Waals surface area (Å²) in [6, 6.07) is 12.7. The number of Topliss-reactive ketones (excluding diaryl/α,β-unsaturated/α-hetero) is 1. The topological polar surface area (TPSA) is 87.3 Å². The highest BCUT2D eigenvalue weighted by molar-refractivity contribution is 5.98. The van der Waals surface area contributed by atoms with Crippen LogP contribution in [-0.4, -0.2) is 26.9 Å².